The smallest absolute Gasteiger partial charge is 0.0658 e. The molecule has 0 heterocycles. The molecule has 21 heavy (non-hydrogen) atoms. The predicted molar refractivity (Wildman–Crippen MR) is 93.1 cm³/mol. The Morgan fingerprint density at radius 1 is 0.905 bits per heavy atom. The molecule has 4 rings (SSSR count). The molecule has 0 aromatic rings. The minimum atomic E-state index is 0.596. The van der Waals surface area contributed by atoms with Gasteiger partial charge in [-0.2, -0.15) is 0 Å². The van der Waals surface area contributed by atoms with Crippen LogP contribution in [0.2, 0.25) is 5.82 Å². The summed E-state index contributed by atoms with van der Waals surface area (Å²) in [7, 11) is 2.62. The van der Waals surface area contributed by atoms with Gasteiger partial charge in [0.05, 0.1) is 0 Å². The first-order valence-corrected chi connectivity index (χ1v) is 9.72. The molecule has 0 amide bonds. The summed E-state index contributed by atoms with van der Waals surface area (Å²) in [5.74, 6) is 6.03. The molecule has 0 nitrogen and oxygen atoms in total. The van der Waals surface area contributed by atoms with Crippen LogP contribution in [0.3, 0.4) is 0 Å². The average molecular weight is 286 g/mol. The Morgan fingerprint density at radius 2 is 1.52 bits per heavy atom. The SMILES string of the molecule is B[C@H]1CC2([C@H](C)CC[C@@H]2C)[C@@H]2C[C@@]3(C)CCC(C)(C)[C@H]3[C@@H]21. The summed E-state index contributed by atoms with van der Waals surface area (Å²) in [5.41, 5.74) is 1.98. The molecule has 1 unspecified atom stereocenters. The third kappa shape index (κ3) is 1.60. The molecule has 4 aliphatic carbocycles. The van der Waals surface area contributed by atoms with E-state index in [2.05, 4.69) is 42.5 Å². The van der Waals surface area contributed by atoms with Gasteiger partial charge in [-0.15, -0.1) is 0 Å². The van der Waals surface area contributed by atoms with Crippen LogP contribution in [0, 0.1) is 45.8 Å². The van der Waals surface area contributed by atoms with Crippen LogP contribution in [-0.2, 0) is 0 Å². The molecule has 4 aliphatic rings. The lowest BCUT2D eigenvalue weighted by Crippen LogP contribution is -2.35. The standard InChI is InChI=1S/C20H35B/c1-12-6-7-13(2)20(12)11-15(21)16-14(20)10-19(5)9-8-18(3,4)17(16)19/h12-17H,6-11,21H2,1-5H3/t12-,13+,14-,15+,16+,17-,19-,20?/m1/s1. The average Bonchev–Trinajstić information content (AvgIpc) is 3.01. The van der Waals surface area contributed by atoms with Crippen molar-refractivity contribution in [2.24, 2.45) is 45.8 Å². The van der Waals surface area contributed by atoms with E-state index in [-0.39, 0.29) is 0 Å². The van der Waals surface area contributed by atoms with E-state index >= 15 is 0 Å². The van der Waals surface area contributed by atoms with Crippen molar-refractivity contribution < 1.29 is 0 Å². The van der Waals surface area contributed by atoms with Gasteiger partial charge in [0.15, 0.2) is 0 Å². The zero-order valence-electron chi connectivity index (χ0n) is 15.2. The highest BCUT2D eigenvalue weighted by Gasteiger charge is 2.69. The van der Waals surface area contributed by atoms with Crippen LogP contribution in [0.15, 0.2) is 0 Å². The lowest BCUT2D eigenvalue weighted by atomic mass is 9.62. The maximum absolute atomic E-state index is 2.66. The topological polar surface area (TPSA) is 0 Å². The first-order chi connectivity index (χ1) is 9.72. The number of rotatable bonds is 0. The van der Waals surface area contributed by atoms with Gasteiger partial charge < -0.3 is 0 Å². The van der Waals surface area contributed by atoms with Crippen LogP contribution in [0.1, 0.15) is 73.1 Å². The molecule has 0 bridgehead atoms. The van der Waals surface area contributed by atoms with Crippen molar-refractivity contribution >= 4 is 7.85 Å². The Bertz CT molecular complexity index is 443. The lowest BCUT2D eigenvalue weighted by Gasteiger charge is -2.41. The highest BCUT2D eigenvalue weighted by atomic mass is 14.7. The molecule has 0 radical (unpaired) electrons. The Balaban J connectivity index is 1.78. The van der Waals surface area contributed by atoms with Gasteiger partial charge >= 0.3 is 0 Å². The van der Waals surface area contributed by atoms with Crippen molar-refractivity contribution in [3.63, 3.8) is 0 Å². The number of hydrogen-bond donors (Lipinski definition) is 0. The minimum absolute atomic E-state index is 0.596. The Kier molecular flexibility index (Phi) is 2.87. The highest BCUT2D eigenvalue weighted by Crippen LogP contribution is 2.77. The molecule has 0 aromatic heterocycles. The first kappa shape index (κ1) is 14.6. The van der Waals surface area contributed by atoms with Gasteiger partial charge in [0.2, 0.25) is 0 Å². The van der Waals surface area contributed by atoms with E-state index in [0.717, 1.165) is 35.4 Å². The number of fused-ring (bicyclic) bond motifs is 4. The van der Waals surface area contributed by atoms with Crippen molar-refractivity contribution in [2.75, 3.05) is 0 Å². The molecular weight excluding hydrogens is 251 g/mol. The Morgan fingerprint density at radius 3 is 2.14 bits per heavy atom. The summed E-state index contributed by atoms with van der Waals surface area (Å²) in [5, 5.41) is 0. The van der Waals surface area contributed by atoms with E-state index < -0.39 is 0 Å². The lowest BCUT2D eigenvalue weighted by molar-refractivity contribution is 0.0709. The minimum Gasteiger partial charge on any atom is -0.0658 e. The van der Waals surface area contributed by atoms with Crippen molar-refractivity contribution in [1.29, 1.82) is 0 Å². The fourth-order valence-electron chi connectivity index (χ4n) is 8.72. The zero-order chi connectivity index (χ0) is 15.2. The summed E-state index contributed by atoms with van der Waals surface area (Å²) in [6.07, 6.45) is 9.09. The van der Waals surface area contributed by atoms with Crippen molar-refractivity contribution in [3.05, 3.63) is 0 Å². The van der Waals surface area contributed by atoms with Crippen LogP contribution >= 0.6 is 0 Å². The van der Waals surface area contributed by atoms with Gasteiger partial charge in [-0.25, -0.2) is 0 Å². The predicted octanol–water partition coefficient (Wildman–Crippen LogP) is 4.94. The highest BCUT2D eigenvalue weighted by molar-refractivity contribution is 6.12. The second-order valence-electron chi connectivity index (χ2n) is 10.7. The molecular formula is C20H35B. The normalized spacial score (nSPS) is 61.4. The Hall–Kier alpha value is 0.0649. The second-order valence-corrected chi connectivity index (χ2v) is 10.7. The van der Waals surface area contributed by atoms with Crippen LogP contribution in [-0.4, -0.2) is 7.85 Å². The van der Waals surface area contributed by atoms with Gasteiger partial charge in [0.1, 0.15) is 7.85 Å². The van der Waals surface area contributed by atoms with Gasteiger partial charge in [-0.05, 0) is 77.9 Å². The van der Waals surface area contributed by atoms with E-state index in [1.807, 2.05) is 0 Å². The molecule has 0 saturated heterocycles. The van der Waals surface area contributed by atoms with Gasteiger partial charge in [0, 0.05) is 0 Å². The van der Waals surface area contributed by atoms with E-state index in [4.69, 9.17) is 0 Å². The quantitative estimate of drug-likeness (QED) is 0.553. The maximum Gasteiger partial charge on any atom is 0.105 e. The summed E-state index contributed by atoms with van der Waals surface area (Å²) >= 11 is 0. The molecule has 4 fully saturated rings. The van der Waals surface area contributed by atoms with E-state index in [9.17, 15) is 0 Å². The van der Waals surface area contributed by atoms with E-state index in [1.54, 1.807) is 12.8 Å². The summed E-state index contributed by atoms with van der Waals surface area (Å²) in [6.45, 7) is 13.0. The zero-order valence-corrected chi connectivity index (χ0v) is 15.2. The molecule has 118 valence electrons. The molecule has 8 atom stereocenters. The monoisotopic (exact) mass is 286 g/mol. The molecule has 1 spiro atoms. The molecule has 0 N–H and O–H groups in total. The van der Waals surface area contributed by atoms with Crippen molar-refractivity contribution in [3.8, 4) is 0 Å². The fraction of sp³-hybridized carbons (Fsp3) is 1.00. The second kappa shape index (κ2) is 4.12. The van der Waals surface area contributed by atoms with Crippen LogP contribution in [0.4, 0.5) is 0 Å². The first-order valence-electron chi connectivity index (χ1n) is 9.72. The van der Waals surface area contributed by atoms with Crippen molar-refractivity contribution in [1.82, 2.24) is 0 Å². The van der Waals surface area contributed by atoms with Crippen LogP contribution < -0.4 is 0 Å². The van der Waals surface area contributed by atoms with E-state index in [1.165, 1.54) is 25.7 Å². The Labute approximate surface area is 133 Å². The molecule has 0 aromatic carbocycles. The number of hydrogen-bond acceptors (Lipinski definition) is 0. The summed E-state index contributed by atoms with van der Waals surface area (Å²) in [6, 6.07) is 0. The molecule has 4 saturated carbocycles. The summed E-state index contributed by atoms with van der Waals surface area (Å²) in [4.78, 5) is 0. The van der Waals surface area contributed by atoms with Crippen LogP contribution in [0.5, 0.6) is 0 Å². The van der Waals surface area contributed by atoms with Crippen molar-refractivity contribution in [2.45, 2.75) is 79.0 Å². The van der Waals surface area contributed by atoms with Crippen LogP contribution in [0.25, 0.3) is 0 Å². The van der Waals surface area contributed by atoms with E-state index in [0.29, 0.717) is 16.2 Å². The van der Waals surface area contributed by atoms with Gasteiger partial charge in [-0.3, -0.25) is 0 Å². The third-order valence-electron chi connectivity index (χ3n) is 9.36. The van der Waals surface area contributed by atoms with Gasteiger partial charge in [-0.1, -0.05) is 46.9 Å². The largest absolute Gasteiger partial charge is 0.105 e. The third-order valence-corrected chi connectivity index (χ3v) is 9.36. The summed E-state index contributed by atoms with van der Waals surface area (Å²) < 4.78 is 0. The maximum atomic E-state index is 2.66. The molecule has 1 heteroatoms. The fourth-order valence-corrected chi connectivity index (χ4v) is 8.72. The molecule has 0 aliphatic heterocycles. The van der Waals surface area contributed by atoms with Gasteiger partial charge in [0.25, 0.3) is 0 Å².